The lowest BCUT2D eigenvalue weighted by Gasteiger charge is -2.13. The Morgan fingerprint density at radius 2 is 2.04 bits per heavy atom. The van der Waals surface area contributed by atoms with Crippen LogP contribution in [0.5, 0.6) is 5.75 Å². The van der Waals surface area contributed by atoms with Crippen LogP contribution < -0.4 is 10.1 Å². The largest absolute Gasteiger partial charge is 0.492 e. The van der Waals surface area contributed by atoms with Gasteiger partial charge in [0.1, 0.15) is 17.4 Å². The van der Waals surface area contributed by atoms with Gasteiger partial charge in [0, 0.05) is 17.4 Å². The van der Waals surface area contributed by atoms with Gasteiger partial charge in [0.05, 0.1) is 12.3 Å². The quantitative estimate of drug-likeness (QED) is 0.609. The molecule has 0 spiro atoms. The van der Waals surface area contributed by atoms with Crippen molar-refractivity contribution in [2.45, 2.75) is 40.7 Å². The Hall–Kier alpha value is -3.00. The van der Waals surface area contributed by atoms with Gasteiger partial charge in [-0.05, 0) is 64.5 Å². The third-order valence-corrected chi connectivity index (χ3v) is 4.14. The summed E-state index contributed by atoms with van der Waals surface area (Å²) in [5.74, 6) is 0.132. The number of rotatable bonds is 6. The van der Waals surface area contributed by atoms with Crippen LogP contribution >= 0.6 is 0 Å². The normalized spacial score (nSPS) is 11.3. The molecule has 0 radical (unpaired) electrons. The van der Waals surface area contributed by atoms with Crippen LogP contribution in [0.3, 0.4) is 0 Å². The van der Waals surface area contributed by atoms with E-state index >= 15 is 0 Å². The van der Waals surface area contributed by atoms with Gasteiger partial charge in [-0.1, -0.05) is 12.1 Å². The smallest absolute Gasteiger partial charge is 0.266 e. The number of hydrogen-bond acceptors (Lipinski definition) is 3. The number of benzene rings is 1. The first-order valence-corrected chi connectivity index (χ1v) is 8.72. The van der Waals surface area contributed by atoms with Crippen LogP contribution in [0, 0.1) is 25.2 Å². The van der Waals surface area contributed by atoms with Crippen molar-refractivity contribution in [2.75, 3.05) is 11.9 Å². The number of anilines is 1. The fourth-order valence-corrected chi connectivity index (χ4v) is 3.09. The topological polar surface area (TPSA) is 67.0 Å². The second kappa shape index (κ2) is 8.39. The molecule has 5 nitrogen and oxygen atoms in total. The van der Waals surface area contributed by atoms with E-state index in [1.807, 2.05) is 45.0 Å². The van der Waals surface area contributed by atoms with E-state index in [9.17, 15) is 10.1 Å². The molecule has 1 N–H and O–H groups in total. The van der Waals surface area contributed by atoms with Crippen LogP contribution in [-0.2, 0) is 4.79 Å². The molecule has 0 saturated carbocycles. The Balaban J connectivity index is 2.32. The molecule has 2 aromatic rings. The van der Waals surface area contributed by atoms with Crippen molar-refractivity contribution < 1.29 is 9.53 Å². The summed E-state index contributed by atoms with van der Waals surface area (Å²) in [6.45, 7) is 10.6. The summed E-state index contributed by atoms with van der Waals surface area (Å²) in [5.41, 5.74) is 3.62. The van der Waals surface area contributed by atoms with Gasteiger partial charge in [-0.25, -0.2) is 0 Å². The monoisotopic (exact) mass is 351 g/mol. The predicted octanol–water partition coefficient (Wildman–Crippen LogP) is 4.63. The van der Waals surface area contributed by atoms with Gasteiger partial charge >= 0.3 is 0 Å². The number of carbonyl (C=O) groups excluding carboxylic acids is 1. The molecule has 26 heavy (non-hydrogen) atoms. The zero-order valence-electron chi connectivity index (χ0n) is 16.0. The lowest BCUT2D eigenvalue weighted by atomic mass is 10.1. The molecule has 0 unspecified atom stereocenters. The molecule has 0 aliphatic heterocycles. The highest BCUT2D eigenvalue weighted by atomic mass is 16.5. The maximum absolute atomic E-state index is 12.6. The highest BCUT2D eigenvalue weighted by Gasteiger charge is 2.15. The fourth-order valence-electron chi connectivity index (χ4n) is 3.09. The Morgan fingerprint density at radius 3 is 2.62 bits per heavy atom. The standard InChI is InChI=1S/C21H25N3O2/c1-6-26-20-10-8-7-9-19(20)23-21(25)18(13-22)12-17-11-15(4)24(14(2)3)16(17)5/h7-12,14H,6H2,1-5H3,(H,23,25)/b18-12+. The molecule has 1 aromatic heterocycles. The third-order valence-electron chi connectivity index (χ3n) is 4.14. The van der Waals surface area contributed by atoms with Crippen LogP contribution in [0.2, 0.25) is 0 Å². The molecule has 0 fully saturated rings. The number of carbonyl (C=O) groups is 1. The maximum Gasteiger partial charge on any atom is 0.266 e. The van der Waals surface area contributed by atoms with Gasteiger partial charge in [-0.2, -0.15) is 5.26 Å². The zero-order valence-corrected chi connectivity index (χ0v) is 16.0. The lowest BCUT2D eigenvalue weighted by molar-refractivity contribution is -0.112. The molecule has 1 amide bonds. The fraction of sp³-hybridized carbons (Fsp3) is 0.333. The van der Waals surface area contributed by atoms with Crippen LogP contribution in [0.25, 0.3) is 6.08 Å². The van der Waals surface area contributed by atoms with E-state index in [4.69, 9.17) is 4.74 Å². The number of aromatic nitrogens is 1. The molecule has 5 heteroatoms. The number of nitriles is 1. The summed E-state index contributed by atoms with van der Waals surface area (Å²) in [6.07, 6.45) is 1.64. The Labute approximate surface area is 154 Å². The zero-order chi connectivity index (χ0) is 19.3. The first-order chi connectivity index (χ1) is 12.4. The van der Waals surface area contributed by atoms with Crippen molar-refractivity contribution in [3.05, 3.63) is 52.9 Å². The summed E-state index contributed by atoms with van der Waals surface area (Å²) < 4.78 is 7.70. The summed E-state index contributed by atoms with van der Waals surface area (Å²) in [7, 11) is 0. The summed E-state index contributed by atoms with van der Waals surface area (Å²) >= 11 is 0. The van der Waals surface area contributed by atoms with Crippen molar-refractivity contribution >= 4 is 17.7 Å². The number of para-hydroxylation sites is 2. The highest BCUT2D eigenvalue weighted by Crippen LogP contribution is 2.25. The number of amides is 1. The molecule has 1 heterocycles. The Kier molecular flexibility index (Phi) is 6.24. The molecule has 0 atom stereocenters. The lowest BCUT2D eigenvalue weighted by Crippen LogP contribution is -2.14. The van der Waals surface area contributed by atoms with Gasteiger partial charge in [-0.3, -0.25) is 4.79 Å². The molecule has 0 aliphatic carbocycles. The van der Waals surface area contributed by atoms with Crippen LogP contribution in [0.15, 0.2) is 35.9 Å². The van der Waals surface area contributed by atoms with E-state index in [1.54, 1.807) is 18.2 Å². The van der Waals surface area contributed by atoms with Crippen LogP contribution in [0.1, 0.15) is 43.8 Å². The number of nitrogens with zero attached hydrogens (tertiary/aromatic N) is 2. The predicted molar refractivity (Wildman–Crippen MR) is 104 cm³/mol. The van der Waals surface area contributed by atoms with Gasteiger partial charge in [0.25, 0.3) is 5.91 Å². The second-order valence-corrected chi connectivity index (χ2v) is 6.34. The van der Waals surface area contributed by atoms with E-state index in [0.29, 0.717) is 24.1 Å². The summed E-state index contributed by atoms with van der Waals surface area (Å²) in [5, 5.41) is 12.2. The van der Waals surface area contributed by atoms with Crippen molar-refractivity contribution in [3.8, 4) is 11.8 Å². The summed E-state index contributed by atoms with van der Waals surface area (Å²) in [4.78, 5) is 12.6. The first-order valence-electron chi connectivity index (χ1n) is 8.72. The van der Waals surface area contributed by atoms with Crippen molar-refractivity contribution in [1.82, 2.24) is 4.57 Å². The minimum Gasteiger partial charge on any atom is -0.492 e. The van der Waals surface area contributed by atoms with Gasteiger partial charge in [0.15, 0.2) is 0 Å². The van der Waals surface area contributed by atoms with Gasteiger partial charge in [-0.15, -0.1) is 0 Å². The first kappa shape index (κ1) is 19.3. The minimum atomic E-state index is -0.450. The molecule has 136 valence electrons. The van der Waals surface area contributed by atoms with E-state index in [0.717, 1.165) is 17.0 Å². The Morgan fingerprint density at radius 1 is 1.35 bits per heavy atom. The SMILES string of the molecule is CCOc1ccccc1NC(=O)/C(C#N)=C/c1cc(C)n(C(C)C)c1C. The van der Waals surface area contributed by atoms with Crippen molar-refractivity contribution in [1.29, 1.82) is 5.26 Å². The number of aryl methyl sites for hydroxylation is 1. The Bertz CT molecular complexity index is 870. The molecular formula is C21H25N3O2. The number of nitrogens with one attached hydrogen (secondary N) is 1. The highest BCUT2D eigenvalue weighted by molar-refractivity contribution is 6.10. The average molecular weight is 351 g/mol. The van der Waals surface area contributed by atoms with E-state index < -0.39 is 5.91 Å². The molecule has 0 saturated heterocycles. The van der Waals surface area contributed by atoms with Gasteiger partial charge in [0.2, 0.25) is 0 Å². The van der Waals surface area contributed by atoms with E-state index in [1.165, 1.54) is 0 Å². The minimum absolute atomic E-state index is 0.0558. The molecule has 2 rings (SSSR count). The van der Waals surface area contributed by atoms with Crippen molar-refractivity contribution in [3.63, 3.8) is 0 Å². The molecule has 0 bridgehead atoms. The molecular weight excluding hydrogens is 326 g/mol. The van der Waals surface area contributed by atoms with Crippen molar-refractivity contribution in [2.24, 2.45) is 0 Å². The molecule has 0 aliphatic rings. The van der Waals surface area contributed by atoms with Crippen LogP contribution in [-0.4, -0.2) is 17.1 Å². The van der Waals surface area contributed by atoms with Gasteiger partial charge < -0.3 is 14.6 Å². The van der Waals surface area contributed by atoms with Crippen LogP contribution in [0.4, 0.5) is 5.69 Å². The molecule has 1 aromatic carbocycles. The van der Waals surface area contributed by atoms with E-state index in [-0.39, 0.29) is 5.57 Å². The maximum atomic E-state index is 12.6. The third kappa shape index (κ3) is 4.15. The number of hydrogen-bond donors (Lipinski definition) is 1. The average Bonchev–Trinajstić information content (AvgIpc) is 2.88. The summed E-state index contributed by atoms with van der Waals surface area (Å²) in [6, 6.07) is 11.5. The van der Waals surface area contributed by atoms with E-state index in [2.05, 4.69) is 23.7 Å². The number of ether oxygens (including phenoxy) is 1. The second-order valence-electron chi connectivity index (χ2n) is 6.34.